The van der Waals surface area contributed by atoms with Crippen LogP contribution in [0.15, 0.2) is 10.9 Å². The largest absolute Gasteiger partial charge is 0.345 e. The van der Waals surface area contributed by atoms with Gasteiger partial charge in [-0.2, -0.15) is 4.98 Å². The Morgan fingerprint density at radius 2 is 2.33 bits per heavy atom. The van der Waals surface area contributed by atoms with E-state index >= 15 is 0 Å². The van der Waals surface area contributed by atoms with Crippen molar-refractivity contribution < 1.29 is 0 Å². The highest BCUT2D eigenvalue weighted by Crippen LogP contribution is 2.08. The van der Waals surface area contributed by atoms with Gasteiger partial charge in [0, 0.05) is 12.2 Å². The third-order valence-corrected chi connectivity index (χ3v) is 1.63. The highest BCUT2D eigenvalue weighted by molar-refractivity contribution is 5.10. The van der Waals surface area contributed by atoms with Gasteiger partial charge in [0.1, 0.15) is 0 Å². The lowest BCUT2D eigenvalue weighted by Gasteiger charge is -2.04. The van der Waals surface area contributed by atoms with Crippen LogP contribution in [0.25, 0.3) is 0 Å². The maximum Gasteiger partial charge on any atom is 0.345 e. The summed E-state index contributed by atoms with van der Waals surface area (Å²) in [5.74, 6) is 0.262. The summed E-state index contributed by atoms with van der Waals surface area (Å²) in [5.41, 5.74) is 6.60. The standard InChI is InChI=1S/C8H13N3O/c1-5(2)7-3-6(4-9)10-8(12)11-7/h3,5H,4,9H2,1-2H3,(H,10,11,12). The Balaban J connectivity index is 3.15. The molecule has 0 saturated carbocycles. The first-order chi connectivity index (χ1) is 5.63. The molecule has 66 valence electrons. The molecule has 4 nitrogen and oxygen atoms in total. The van der Waals surface area contributed by atoms with Gasteiger partial charge in [-0.15, -0.1) is 0 Å². The van der Waals surface area contributed by atoms with Crippen molar-refractivity contribution in [3.63, 3.8) is 0 Å². The molecule has 1 rings (SSSR count). The molecule has 0 atom stereocenters. The number of rotatable bonds is 2. The van der Waals surface area contributed by atoms with Crippen molar-refractivity contribution in [1.29, 1.82) is 0 Å². The predicted octanol–water partition coefficient (Wildman–Crippen LogP) is 0.352. The van der Waals surface area contributed by atoms with Gasteiger partial charge in [0.05, 0.1) is 5.69 Å². The minimum atomic E-state index is -0.318. The maximum absolute atomic E-state index is 11.0. The Kier molecular flexibility index (Phi) is 2.60. The van der Waals surface area contributed by atoms with Gasteiger partial charge < -0.3 is 10.7 Å². The number of aromatic amines is 1. The van der Waals surface area contributed by atoms with Crippen LogP contribution in [-0.2, 0) is 6.54 Å². The second-order valence-corrected chi connectivity index (χ2v) is 3.00. The average Bonchev–Trinajstić information content (AvgIpc) is 2.03. The van der Waals surface area contributed by atoms with E-state index in [1.165, 1.54) is 0 Å². The van der Waals surface area contributed by atoms with Crippen LogP contribution in [0.2, 0.25) is 0 Å². The Labute approximate surface area is 70.8 Å². The summed E-state index contributed by atoms with van der Waals surface area (Å²) >= 11 is 0. The first-order valence-corrected chi connectivity index (χ1v) is 3.93. The van der Waals surface area contributed by atoms with Crippen molar-refractivity contribution in [3.8, 4) is 0 Å². The van der Waals surface area contributed by atoms with Gasteiger partial charge in [-0.25, -0.2) is 4.79 Å². The molecule has 4 heteroatoms. The zero-order valence-electron chi connectivity index (χ0n) is 7.29. The second-order valence-electron chi connectivity index (χ2n) is 3.00. The van der Waals surface area contributed by atoms with E-state index in [1.807, 2.05) is 19.9 Å². The van der Waals surface area contributed by atoms with E-state index in [4.69, 9.17) is 5.73 Å². The zero-order valence-corrected chi connectivity index (χ0v) is 7.29. The molecule has 0 fully saturated rings. The first-order valence-electron chi connectivity index (χ1n) is 3.93. The van der Waals surface area contributed by atoms with E-state index in [2.05, 4.69) is 9.97 Å². The molecule has 1 aromatic rings. The number of hydrogen-bond donors (Lipinski definition) is 2. The fraction of sp³-hybridized carbons (Fsp3) is 0.500. The smallest absolute Gasteiger partial charge is 0.325 e. The van der Waals surface area contributed by atoms with E-state index in [-0.39, 0.29) is 11.6 Å². The van der Waals surface area contributed by atoms with Gasteiger partial charge in [0.25, 0.3) is 0 Å². The van der Waals surface area contributed by atoms with Crippen molar-refractivity contribution in [2.75, 3.05) is 0 Å². The van der Waals surface area contributed by atoms with Crippen molar-refractivity contribution in [2.45, 2.75) is 26.3 Å². The van der Waals surface area contributed by atoms with Crippen LogP contribution in [0.4, 0.5) is 0 Å². The van der Waals surface area contributed by atoms with Crippen molar-refractivity contribution >= 4 is 0 Å². The Morgan fingerprint density at radius 1 is 1.67 bits per heavy atom. The number of H-pyrrole nitrogens is 1. The third-order valence-electron chi connectivity index (χ3n) is 1.63. The third kappa shape index (κ3) is 1.92. The molecule has 0 aliphatic rings. The van der Waals surface area contributed by atoms with Gasteiger partial charge in [-0.1, -0.05) is 13.8 Å². The molecule has 1 heterocycles. The van der Waals surface area contributed by atoms with Crippen LogP contribution in [0.5, 0.6) is 0 Å². The fourth-order valence-corrected chi connectivity index (χ4v) is 0.935. The normalized spacial score (nSPS) is 10.7. The van der Waals surface area contributed by atoms with Crippen molar-refractivity contribution in [1.82, 2.24) is 9.97 Å². The lowest BCUT2D eigenvalue weighted by Crippen LogP contribution is -2.17. The lowest BCUT2D eigenvalue weighted by atomic mass is 10.1. The van der Waals surface area contributed by atoms with E-state index < -0.39 is 0 Å². The Morgan fingerprint density at radius 3 is 2.83 bits per heavy atom. The number of aromatic nitrogens is 2. The number of hydrogen-bond acceptors (Lipinski definition) is 3. The molecule has 0 unspecified atom stereocenters. The number of nitrogens with zero attached hydrogens (tertiary/aromatic N) is 1. The van der Waals surface area contributed by atoms with E-state index in [0.29, 0.717) is 6.54 Å². The van der Waals surface area contributed by atoms with Crippen LogP contribution in [0, 0.1) is 0 Å². The molecule has 1 aromatic heterocycles. The summed E-state index contributed by atoms with van der Waals surface area (Å²) in [6, 6.07) is 1.83. The molecule has 0 amide bonds. The molecule has 0 spiro atoms. The van der Waals surface area contributed by atoms with Gasteiger partial charge in [-0.05, 0) is 12.0 Å². The molecule has 0 bridgehead atoms. The molecule has 12 heavy (non-hydrogen) atoms. The topological polar surface area (TPSA) is 71.8 Å². The number of nitrogens with two attached hydrogens (primary N) is 1. The van der Waals surface area contributed by atoms with Crippen LogP contribution in [0.1, 0.15) is 31.2 Å². The summed E-state index contributed by atoms with van der Waals surface area (Å²) in [6.07, 6.45) is 0. The molecule has 0 radical (unpaired) electrons. The van der Waals surface area contributed by atoms with Crippen LogP contribution in [0.3, 0.4) is 0 Å². The van der Waals surface area contributed by atoms with Crippen molar-refractivity contribution in [2.24, 2.45) is 5.73 Å². The van der Waals surface area contributed by atoms with Gasteiger partial charge in [0.2, 0.25) is 0 Å². The van der Waals surface area contributed by atoms with Crippen molar-refractivity contribution in [3.05, 3.63) is 27.9 Å². The summed E-state index contributed by atoms with van der Waals surface area (Å²) in [6.45, 7) is 4.32. The van der Waals surface area contributed by atoms with E-state index in [9.17, 15) is 4.79 Å². The van der Waals surface area contributed by atoms with E-state index in [0.717, 1.165) is 11.4 Å². The van der Waals surface area contributed by atoms with E-state index in [1.54, 1.807) is 0 Å². The van der Waals surface area contributed by atoms with Crippen LogP contribution in [-0.4, -0.2) is 9.97 Å². The minimum absolute atomic E-state index is 0.262. The highest BCUT2D eigenvalue weighted by atomic mass is 16.1. The minimum Gasteiger partial charge on any atom is -0.325 e. The molecule has 0 aliphatic heterocycles. The Hall–Kier alpha value is -1.16. The molecular formula is C8H13N3O. The quantitative estimate of drug-likeness (QED) is 0.667. The summed E-state index contributed by atoms with van der Waals surface area (Å²) in [5, 5.41) is 0. The van der Waals surface area contributed by atoms with Gasteiger partial charge >= 0.3 is 5.69 Å². The molecule has 0 aromatic carbocycles. The lowest BCUT2D eigenvalue weighted by molar-refractivity contribution is 0.785. The number of nitrogens with one attached hydrogen (secondary N) is 1. The fourth-order valence-electron chi connectivity index (χ4n) is 0.935. The monoisotopic (exact) mass is 167 g/mol. The van der Waals surface area contributed by atoms with Crippen LogP contribution < -0.4 is 11.4 Å². The Bertz CT molecular complexity index is 316. The molecule has 0 aliphatic carbocycles. The zero-order chi connectivity index (χ0) is 9.14. The average molecular weight is 167 g/mol. The molecular weight excluding hydrogens is 154 g/mol. The maximum atomic E-state index is 11.0. The SMILES string of the molecule is CC(C)c1cc(CN)[nH]c(=O)n1. The first kappa shape index (κ1) is 8.93. The summed E-state index contributed by atoms with van der Waals surface area (Å²) in [7, 11) is 0. The van der Waals surface area contributed by atoms with Gasteiger partial charge in [-0.3, -0.25) is 0 Å². The molecule has 0 saturated heterocycles. The predicted molar refractivity (Wildman–Crippen MR) is 46.8 cm³/mol. The molecule has 3 N–H and O–H groups in total. The second kappa shape index (κ2) is 3.49. The van der Waals surface area contributed by atoms with Crippen LogP contribution >= 0.6 is 0 Å². The highest BCUT2D eigenvalue weighted by Gasteiger charge is 2.02. The van der Waals surface area contributed by atoms with Gasteiger partial charge in [0.15, 0.2) is 0 Å². The summed E-state index contributed by atoms with van der Waals surface area (Å²) in [4.78, 5) is 17.3. The summed E-state index contributed by atoms with van der Waals surface area (Å²) < 4.78 is 0.